The zero-order chi connectivity index (χ0) is 14.5. The van der Waals surface area contributed by atoms with Gasteiger partial charge in [0.05, 0.1) is 12.1 Å². The van der Waals surface area contributed by atoms with E-state index >= 15 is 0 Å². The molecule has 1 aliphatic rings. The summed E-state index contributed by atoms with van der Waals surface area (Å²) in [4.78, 5) is 14.1. The Morgan fingerprint density at radius 2 is 1.86 bits per heavy atom. The molecule has 0 radical (unpaired) electrons. The van der Waals surface area contributed by atoms with Gasteiger partial charge in [0.1, 0.15) is 0 Å². The number of amides is 1. The molecule has 0 saturated carbocycles. The molecule has 0 spiro atoms. The highest BCUT2D eigenvalue weighted by atomic mass is 35.5. The highest BCUT2D eigenvalue weighted by Crippen LogP contribution is 2.30. The van der Waals surface area contributed by atoms with Gasteiger partial charge in [-0.3, -0.25) is 10.0 Å². The quantitative estimate of drug-likeness (QED) is 0.787. The maximum atomic E-state index is 11.6. The van der Waals surface area contributed by atoms with Gasteiger partial charge in [0, 0.05) is 6.54 Å². The average Bonchev–Trinajstić information content (AvgIpc) is 2.73. The Labute approximate surface area is 133 Å². The molecule has 1 heterocycles. The van der Waals surface area contributed by atoms with Crippen LogP contribution in [0.5, 0.6) is 0 Å². The van der Waals surface area contributed by atoms with E-state index in [0.717, 1.165) is 49.5 Å². The number of carbonyl (C=O) groups excluding carboxylic acids is 1. The Hall–Kier alpha value is -1.10. The van der Waals surface area contributed by atoms with E-state index in [4.69, 9.17) is 0 Å². The molecule has 1 aromatic carbocycles. The molecular formula is C16H25ClN2O2. The van der Waals surface area contributed by atoms with E-state index in [1.165, 1.54) is 5.56 Å². The topological polar surface area (TPSA) is 43.8 Å². The largest absolute Gasteiger partial charge is 0.303 e. The minimum Gasteiger partial charge on any atom is -0.303 e. The predicted octanol–water partition coefficient (Wildman–Crippen LogP) is 3.05. The zero-order valence-electron chi connectivity index (χ0n) is 12.8. The highest BCUT2D eigenvalue weighted by Gasteiger charge is 2.27. The average molecular weight is 313 g/mol. The number of halogens is 1. The maximum absolute atomic E-state index is 11.6. The van der Waals surface area contributed by atoms with Crippen LogP contribution in [-0.4, -0.2) is 35.6 Å². The summed E-state index contributed by atoms with van der Waals surface area (Å²) in [6.45, 7) is 7.65. The van der Waals surface area contributed by atoms with Gasteiger partial charge in [-0.2, -0.15) is 5.06 Å². The molecule has 0 saturated heterocycles. The number of hydroxylamine groups is 1. The fraction of sp³-hybridized carbons (Fsp3) is 0.562. The highest BCUT2D eigenvalue weighted by molar-refractivity contribution is 5.99. The number of rotatable bonds is 7. The van der Waals surface area contributed by atoms with Gasteiger partial charge >= 0.3 is 0 Å². The summed E-state index contributed by atoms with van der Waals surface area (Å²) < 4.78 is 0. The van der Waals surface area contributed by atoms with E-state index in [2.05, 4.69) is 24.8 Å². The van der Waals surface area contributed by atoms with Crippen molar-refractivity contribution in [3.05, 3.63) is 29.3 Å². The van der Waals surface area contributed by atoms with Gasteiger partial charge in [-0.25, -0.2) is 0 Å². The molecular weight excluding hydrogens is 288 g/mol. The molecule has 1 aliphatic heterocycles. The zero-order valence-corrected chi connectivity index (χ0v) is 13.7. The first-order chi connectivity index (χ1) is 9.67. The van der Waals surface area contributed by atoms with Crippen molar-refractivity contribution in [3.63, 3.8) is 0 Å². The van der Waals surface area contributed by atoms with Gasteiger partial charge in [0.15, 0.2) is 0 Å². The van der Waals surface area contributed by atoms with Crippen LogP contribution in [0, 0.1) is 0 Å². The molecule has 0 aliphatic carbocycles. The molecule has 0 atom stereocenters. The number of hydrogen-bond donors (Lipinski definition) is 1. The fourth-order valence-electron chi connectivity index (χ4n) is 2.86. The standard InChI is InChI=1S/C16H24N2O2.ClH/c1-3-9-17(10-4-2)11-8-13-6-5-7-15-14(13)12-16(19)18(15)20;/h5-7,20H,3-4,8-12H2,1-2H3;1H. The van der Waals surface area contributed by atoms with Gasteiger partial charge in [-0.05, 0) is 49.5 Å². The third-order valence-corrected chi connectivity index (χ3v) is 3.82. The second kappa shape index (κ2) is 8.37. The van der Waals surface area contributed by atoms with E-state index in [0.29, 0.717) is 12.1 Å². The molecule has 0 aromatic heterocycles. The van der Waals surface area contributed by atoms with Gasteiger partial charge in [-0.1, -0.05) is 26.0 Å². The van der Waals surface area contributed by atoms with Crippen LogP contribution in [0.4, 0.5) is 5.69 Å². The third-order valence-electron chi connectivity index (χ3n) is 3.82. The van der Waals surface area contributed by atoms with Crippen LogP contribution in [0.1, 0.15) is 37.8 Å². The molecule has 0 bridgehead atoms. The van der Waals surface area contributed by atoms with Crippen LogP contribution in [-0.2, 0) is 17.6 Å². The summed E-state index contributed by atoms with van der Waals surface area (Å²) >= 11 is 0. The van der Waals surface area contributed by atoms with Gasteiger partial charge < -0.3 is 4.90 Å². The number of fused-ring (bicyclic) bond motifs is 1. The monoisotopic (exact) mass is 312 g/mol. The molecule has 5 heteroatoms. The number of hydrogen-bond acceptors (Lipinski definition) is 3. The SMILES string of the molecule is CCCN(CCC)CCc1cccc2c1CC(=O)N2O.Cl. The summed E-state index contributed by atoms with van der Waals surface area (Å²) in [5.74, 6) is -0.230. The molecule has 1 amide bonds. The second-order valence-electron chi connectivity index (χ2n) is 5.39. The number of anilines is 1. The molecule has 118 valence electrons. The maximum Gasteiger partial charge on any atom is 0.255 e. The van der Waals surface area contributed by atoms with E-state index in [1.807, 2.05) is 6.07 Å². The summed E-state index contributed by atoms with van der Waals surface area (Å²) in [7, 11) is 0. The fourth-order valence-corrected chi connectivity index (χ4v) is 2.86. The summed E-state index contributed by atoms with van der Waals surface area (Å²) in [6.07, 6.45) is 3.58. The number of nitrogens with zero attached hydrogens (tertiary/aromatic N) is 2. The Bertz CT molecular complexity index is 473. The Morgan fingerprint density at radius 3 is 2.48 bits per heavy atom. The van der Waals surface area contributed by atoms with E-state index < -0.39 is 0 Å². The number of benzene rings is 1. The van der Waals surface area contributed by atoms with Crippen molar-refractivity contribution < 1.29 is 10.0 Å². The van der Waals surface area contributed by atoms with Crippen LogP contribution < -0.4 is 5.06 Å². The lowest BCUT2D eigenvalue weighted by Crippen LogP contribution is -2.28. The lowest BCUT2D eigenvalue weighted by Gasteiger charge is -2.21. The molecule has 21 heavy (non-hydrogen) atoms. The van der Waals surface area contributed by atoms with Crippen LogP contribution >= 0.6 is 12.4 Å². The van der Waals surface area contributed by atoms with Crippen LogP contribution in [0.15, 0.2) is 18.2 Å². The lowest BCUT2D eigenvalue weighted by atomic mass is 10.0. The molecule has 2 rings (SSSR count). The van der Waals surface area contributed by atoms with E-state index in [9.17, 15) is 10.0 Å². The van der Waals surface area contributed by atoms with Crippen molar-refractivity contribution >= 4 is 24.0 Å². The molecule has 1 aromatic rings. The Balaban J connectivity index is 0.00000220. The number of carbonyl (C=O) groups is 1. The van der Waals surface area contributed by atoms with Crippen LogP contribution in [0.3, 0.4) is 0 Å². The van der Waals surface area contributed by atoms with Crippen molar-refractivity contribution in [1.29, 1.82) is 0 Å². The van der Waals surface area contributed by atoms with Gasteiger partial charge in [0.25, 0.3) is 5.91 Å². The molecule has 0 fully saturated rings. The summed E-state index contributed by atoms with van der Waals surface area (Å²) in [6, 6.07) is 5.79. The van der Waals surface area contributed by atoms with Crippen LogP contribution in [0.2, 0.25) is 0 Å². The van der Waals surface area contributed by atoms with Crippen molar-refractivity contribution in [2.45, 2.75) is 39.5 Å². The first kappa shape index (κ1) is 18.0. The minimum atomic E-state index is -0.230. The third kappa shape index (κ3) is 4.19. The van der Waals surface area contributed by atoms with Gasteiger partial charge in [-0.15, -0.1) is 12.4 Å². The lowest BCUT2D eigenvalue weighted by molar-refractivity contribution is -0.122. The van der Waals surface area contributed by atoms with Crippen molar-refractivity contribution in [3.8, 4) is 0 Å². The smallest absolute Gasteiger partial charge is 0.255 e. The molecule has 0 unspecified atom stereocenters. The van der Waals surface area contributed by atoms with Crippen molar-refractivity contribution in [1.82, 2.24) is 4.90 Å². The van der Waals surface area contributed by atoms with E-state index in [-0.39, 0.29) is 18.3 Å². The predicted molar refractivity (Wildman–Crippen MR) is 87.4 cm³/mol. The second-order valence-corrected chi connectivity index (χ2v) is 5.39. The normalized spacial score (nSPS) is 13.5. The van der Waals surface area contributed by atoms with E-state index in [1.54, 1.807) is 6.07 Å². The minimum absolute atomic E-state index is 0. The van der Waals surface area contributed by atoms with Crippen molar-refractivity contribution in [2.75, 3.05) is 24.7 Å². The van der Waals surface area contributed by atoms with Gasteiger partial charge in [0.2, 0.25) is 0 Å². The molecule has 4 nitrogen and oxygen atoms in total. The van der Waals surface area contributed by atoms with Crippen molar-refractivity contribution in [2.24, 2.45) is 0 Å². The Morgan fingerprint density at radius 1 is 1.19 bits per heavy atom. The molecule has 1 N–H and O–H groups in total. The summed E-state index contributed by atoms with van der Waals surface area (Å²) in [5.41, 5.74) is 2.84. The first-order valence-electron chi connectivity index (χ1n) is 7.52. The summed E-state index contributed by atoms with van der Waals surface area (Å²) in [5, 5.41) is 10.5. The van der Waals surface area contributed by atoms with Crippen LogP contribution in [0.25, 0.3) is 0 Å². The Kier molecular flexibility index (Phi) is 7.15. The first-order valence-corrected chi connectivity index (χ1v) is 7.52.